The molecule has 2 nitrogen and oxygen atoms in total. The third-order valence-electron chi connectivity index (χ3n) is 3.81. The fourth-order valence-corrected chi connectivity index (χ4v) is 3.57. The number of rotatable bonds is 5. The number of alkyl halides is 1. The van der Waals surface area contributed by atoms with Crippen LogP contribution < -0.4 is 0 Å². The van der Waals surface area contributed by atoms with E-state index < -0.39 is 0 Å². The second kappa shape index (κ2) is 6.36. The van der Waals surface area contributed by atoms with Gasteiger partial charge in [0.2, 0.25) is 0 Å². The molecular weight excluding hydrogens is 268 g/mol. The molecule has 2 aliphatic carbocycles. The van der Waals surface area contributed by atoms with Crippen molar-refractivity contribution in [2.75, 3.05) is 13.2 Å². The lowest BCUT2D eigenvalue weighted by molar-refractivity contribution is -0.126. The van der Waals surface area contributed by atoms with Crippen LogP contribution in [-0.2, 0) is 9.47 Å². The molecule has 0 aromatic carbocycles. The largest absolute Gasteiger partial charge is 0.375 e. The van der Waals surface area contributed by atoms with Crippen LogP contribution in [0.5, 0.6) is 0 Å². The summed E-state index contributed by atoms with van der Waals surface area (Å²) in [4.78, 5) is 0.504. The average Bonchev–Trinajstić information content (AvgIpc) is 2.32. The van der Waals surface area contributed by atoms with Crippen LogP contribution in [0.1, 0.15) is 45.4 Å². The van der Waals surface area contributed by atoms with Gasteiger partial charge in [0, 0.05) is 18.0 Å². The highest BCUT2D eigenvalue weighted by Crippen LogP contribution is 2.34. The predicted octanol–water partition coefficient (Wildman–Crippen LogP) is 3.52. The summed E-state index contributed by atoms with van der Waals surface area (Å²) >= 11 is 3.63. The highest BCUT2D eigenvalue weighted by Gasteiger charge is 2.41. The van der Waals surface area contributed by atoms with Gasteiger partial charge in [0.25, 0.3) is 0 Å². The minimum atomic E-state index is 0.286. The lowest BCUT2D eigenvalue weighted by atomic mass is 9.88. The van der Waals surface area contributed by atoms with Crippen molar-refractivity contribution < 1.29 is 9.47 Å². The Balaban J connectivity index is 1.65. The highest BCUT2D eigenvalue weighted by atomic mass is 79.9. The molecule has 0 spiro atoms. The Kier molecular flexibility index (Phi) is 5.11. The highest BCUT2D eigenvalue weighted by molar-refractivity contribution is 9.09. The maximum Gasteiger partial charge on any atom is 0.0962 e. The molecule has 2 saturated carbocycles. The van der Waals surface area contributed by atoms with Gasteiger partial charge in [-0.1, -0.05) is 35.2 Å². The minimum Gasteiger partial charge on any atom is -0.375 e. The van der Waals surface area contributed by atoms with Crippen molar-refractivity contribution in [3.8, 4) is 0 Å². The average molecular weight is 291 g/mol. The summed E-state index contributed by atoms with van der Waals surface area (Å²) in [7, 11) is 0. The molecule has 0 radical (unpaired) electrons. The molecule has 0 saturated heterocycles. The van der Waals surface area contributed by atoms with Gasteiger partial charge < -0.3 is 9.47 Å². The molecule has 0 bridgehead atoms. The van der Waals surface area contributed by atoms with E-state index in [1.54, 1.807) is 0 Å². The Morgan fingerprint density at radius 3 is 2.50 bits per heavy atom. The van der Waals surface area contributed by atoms with E-state index in [9.17, 15) is 0 Å². The van der Waals surface area contributed by atoms with Crippen LogP contribution in [0.15, 0.2) is 0 Å². The first-order chi connectivity index (χ1) is 7.81. The van der Waals surface area contributed by atoms with E-state index in [2.05, 4.69) is 22.9 Å². The number of ether oxygens (including phenoxy) is 2. The monoisotopic (exact) mass is 290 g/mol. The van der Waals surface area contributed by atoms with Gasteiger partial charge in [-0.3, -0.25) is 0 Å². The summed E-state index contributed by atoms with van der Waals surface area (Å²) in [6.45, 7) is 3.79. The zero-order valence-corrected chi connectivity index (χ0v) is 11.7. The molecule has 0 aliphatic heterocycles. The van der Waals surface area contributed by atoms with E-state index in [1.165, 1.54) is 32.1 Å². The molecule has 2 fully saturated rings. The van der Waals surface area contributed by atoms with E-state index >= 15 is 0 Å². The van der Waals surface area contributed by atoms with Gasteiger partial charge in [-0.15, -0.1) is 0 Å². The van der Waals surface area contributed by atoms with Gasteiger partial charge in [-0.25, -0.2) is 0 Å². The lowest BCUT2D eigenvalue weighted by Crippen LogP contribution is -2.51. The van der Waals surface area contributed by atoms with Gasteiger partial charge in [0.1, 0.15) is 0 Å². The third-order valence-corrected chi connectivity index (χ3v) is 4.71. The Bertz CT molecular complexity index is 204. The Labute approximate surface area is 107 Å². The Morgan fingerprint density at radius 1 is 1.12 bits per heavy atom. The number of hydrogen-bond donors (Lipinski definition) is 0. The van der Waals surface area contributed by atoms with Gasteiger partial charge in [-0.05, 0) is 32.1 Å². The van der Waals surface area contributed by atoms with E-state index in [4.69, 9.17) is 9.47 Å². The van der Waals surface area contributed by atoms with Crippen LogP contribution >= 0.6 is 15.9 Å². The molecule has 0 aromatic heterocycles. The topological polar surface area (TPSA) is 18.5 Å². The molecule has 0 aromatic rings. The molecule has 2 rings (SSSR count). The minimum absolute atomic E-state index is 0.286. The Hall–Kier alpha value is 0.400. The summed E-state index contributed by atoms with van der Waals surface area (Å²) in [6, 6.07) is 0. The van der Waals surface area contributed by atoms with Crippen LogP contribution in [-0.4, -0.2) is 30.2 Å². The molecule has 3 atom stereocenters. The molecule has 0 heterocycles. The first kappa shape index (κ1) is 12.8. The second-order valence-corrected chi connectivity index (χ2v) is 6.22. The first-order valence-corrected chi connectivity index (χ1v) is 7.60. The van der Waals surface area contributed by atoms with Crippen molar-refractivity contribution in [1.29, 1.82) is 0 Å². The van der Waals surface area contributed by atoms with E-state index in [0.717, 1.165) is 25.6 Å². The summed E-state index contributed by atoms with van der Waals surface area (Å²) in [5, 5.41) is 0. The van der Waals surface area contributed by atoms with Crippen LogP contribution in [0.3, 0.4) is 0 Å². The molecule has 0 N–H and O–H groups in total. The number of hydrogen-bond acceptors (Lipinski definition) is 2. The maximum atomic E-state index is 6.00. The van der Waals surface area contributed by atoms with Gasteiger partial charge in [-0.2, -0.15) is 0 Å². The molecule has 94 valence electrons. The fraction of sp³-hybridized carbons (Fsp3) is 1.00. The molecular formula is C13H23BrO2. The van der Waals surface area contributed by atoms with Gasteiger partial charge in [0.15, 0.2) is 0 Å². The van der Waals surface area contributed by atoms with Crippen molar-refractivity contribution in [3.63, 3.8) is 0 Å². The standard InChI is InChI=1S/C13H23BrO2/c1-2-15-13-11(14)8-12(13)16-9-10-6-4-3-5-7-10/h10-13H,2-9H2,1H3. The molecule has 3 heteroatoms. The normalized spacial score (nSPS) is 36.0. The molecule has 0 amide bonds. The van der Waals surface area contributed by atoms with E-state index in [0.29, 0.717) is 10.9 Å². The van der Waals surface area contributed by atoms with Crippen molar-refractivity contribution in [2.45, 2.75) is 62.5 Å². The van der Waals surface area contributed by atoms with Crippen molar-refractivity contribution in [3.05, 3.63) is 0 Å². The van der Waals surface area contributed by atoms with Crippen molar-refractivity contribution in [2.24, 2.45) is 5.92 Å². The predicted molar refractivity (Wildman–Crippen MR) is 69.1 cm³/mol. The SMILES string of the molecule is CCOC1C(Br)CC1OCC1CCCCC1. The van der Waals surface area contributed by atoms with Crippen LogP contribution in [0.4, 0.5) is 0 Å². The second-order valence-electron chi connectivity index (χ2n) is 5.05. The van der Waals surface area contributed by atoms with E-state index in [1.807, 2.05) is 0 Å². The first-order valence-electron chi connectivity index (χ1n) is 6.68. The molecule has 16 heavy (non-hydrogen) atoms. The molecule has 3 unspecified atom stereocenters. The van der Waals surface area contributed by atoms with Gasteiger partial charge in [0.05, 0.1) is 12.2 Å². The van der Waals surface area contributed by atoms with E-state index in [-0.39, 0.29) is 6.10 Å². The smallest absolute Gasteiger partial charge is 0.0962 e. The fourth-order valence-electron chi connectivity index (χ4n) is 2.71. The van der Waals surface area contributed by atoms with Gasteiger partial charge >= 0.3 is 0 Å². The molecule has 2 aliphatic rings. The zero-order valence-electron chi connectivity index (χ0n) is 10.2. The van der Waals surface area contributed by atoms with Crippen LogP contribution in [0, 0.1) is 5.92 Å². The summed E-state index contributed by atoms with van der Waals surface area (Å²) in [5.74, 6) is 0.811. The van der Waals surface area contributed by atoms with Crippen molar-refractivity contribution in [1.82, 2.24) is 0 Å². The number of halogens is 1. The summed E-state index contributed by atoms with van der Waals surface area (Å²) in [6.07, 6.45) is 8.68. The Morgan fingerprint density at radius 2 is 1.88 bits per heavy atom. The quantitative estimate of drug-likeness (QED) is 0.721. The van der Waals surface area contributed by atoms with Crippen molar-refractivity contribution >= 4 is 15.9 Å². The van der Waals surface area contributed by atoms with Crippen LogP contribution in [0.2, 0.25) is 0 Å². The van der Waals surface area contributed by atoms with Crippen LogP contribution in [0.25, 0.3) is 0 Å². The third kappa shape index (κ3) is 3.21. The lowest BCUT2D eigenvalue weighted by Gasteiger charge is -2.41. The summed E-state index contributed by atoms with van der Waals surface area (Å²) < 4.78 is 11.7. The maximum absolute atomic E-state index is 6.00. The summed E-state index contributed by atoms with van der Waals surface area (Å²) in [5.41, 5.74) is 0. The zero-order chi connectivity index (χ0) is 11.4.